The van der Waals surface area contributed by atoms with Gasteiger partial charge in [0.2, 0.25) is 0 Å². The number of aryl methyl sites for hydroxylation is 1. The van der Waals surface area contributed by atoms with E-state index in [-0.39, 0.29) is 17.8 Å². The van der Waals surface area contributed by atoms with E-state index in [2.05, 4.69) is 20.6 Å². The molecule has 2 aromatic rings. The second kappa shape index (κ2) is 7.09. The van der Waals surface area contributed by atoms with Gasteiger partial charge in [-0.1, -0.05) is 18.1 Å². The summed E-state index contributed by atoms with van der Waals surface area (Å²) in [5.41, 5.74) is 1.14. The molecular formula is C18H27N5O2. The summed E-state index contributed by atoms with van der Waals surface area (Å²) in [6.45, 7) is 5.86. The fraction of sp³-hybridized carbons (Fsp3) is 0.611. The van der Waals surface area contributed by atoms with Crippen LogP contribution in [0.2, 0.25) is 0 Å². The number of pyridine rings is 1. The highest BCUT2D eigenvalue weighted by Crippen LogP contribution is 2.29. The first-order chi connectivity index (χ1) is 11.8. The van der Waals surface area contributed by atoms with Gasteiger partial charge in [0.1, 0.15) is 17.0 Å². The fourth-order valence-corrected chi connectivity index (χ4v) is 3.35. The van der Waals surface area contributed by atoms with Crippen LogP contribution in [0.5, 0.6) is 5.75 Å². The Morgan fingerprint density at radius 2 is 2.04 bits per heavy atom. The van der Waals surface area contributed by atoms with Gasteiger partial charge in [0, 0.05) is 18.3 Å². The summed E-state index contributed by atoms with van der Waals surface area (Å²) in [7, 11) is 0. The molecule has 25 heavy (non-hydrogen) atoms. The van der Waals surface area contributed by atoms with Crippen LogP contribution in [0.25, 0.3) is 0 Å². The van der Waals surface area contributed by atoms with Crippen LogP contribution in [-0.2, 0) is 12.1 Å². The third-order valence-corrected chi connectivity index (χ3v) is 4.83. The van der Waals surface area contributed by atoms with Crippen molar-refractivity contribution in [2.24, 2.45) is 0 Å². The molecule has 1 fully saturated rings. The van der Waals surface area contributed by atoms with Crippen LogP contribution in [0.1, 0.15) is 62.7 Å². The first-order valence-electron chi connectivity index (χ1n) is 8.88. The molecule has 1 saturated carbocycles. The van der Waals surface area contributed by atoms with E-state index >= 15 is 0 Å². The van der Waals surface area contributed by atoms with Gasteiger partial charge in [-0.05, 0) is 45.7 Å². The molecule has 2 aromatic heterocycles. The average molecular weight is 345 g/mol. The van der Waals surface area contributed by atoms with Gasteiger partial charge in [-0.25, -0.2) is 4.68 Å². The number of aromatic nitrogens is 4. The summed E-state index contributed by atoms with van der Waals surface area (Å²) in [4.78, 5) is 4.41. The maximum Gasteiger partial charge on any atom is 0.138 e. The van der Waals surface area contributed by atoms with E-state index in [0.717, 1.165) is 31.4 Å². The number of aliphatic hydroxyl groups is 1. The molecule has 2 heterocycles. The predicted octanol–water partition coefficient (Wildman–Crippen LogP) is 2.19. The third kappa shape index (κ3) is 4.16. The number of nitrogens with zero attached hydrogens (tertiary/aromatic N) is 4. The van der Waals surface area contributed by atoms with Crippen molar-refractivity contribution in [3.05, 3.63) is 35.4 Å². The van der Waals surface area contributed by atoms with Crippen LogP contribution in [0.3, 0.4) is 0 Å². The highest BCUT2D eigenvalue weighted by atomic mass is 16.3. The highest BCUT2D eigenvalue weighted by Gasteiger charge is 2.29. The van der Waals surface area contributed by atoms with Crippen LogP contribution in [0, 0.1) is 6.92 Å². The molecule has 1 aliphatic carbocycles. The van der Waals surface area contributed by atoms with Gasteiger partial charge >= 0.3 is 0 Å². The lowest BCUT2D eigenvalue weighted by Crippen LogP contribution is -2.40. The van der Waals surface area contributed by atoms with Gasteiger partial charge in [-0.15, -0.1) is 5.10 Å². The van der Waals surface area contributed by atoms with Crippen LogP contribution in [-0.4, -0.2) is 36.2 Å². The van der Waals surface area contributed by atoms with Crippen molar-refractivity contribution < 1.29 is 10.2 Å². The standard InChI is InChI=1S/C18H27N5O2/c1-12-8-9-16(24)14(20-12)10-19-13-6-4-5-7-15(13)23-11-17(21-22-23)18(2,3)25/h8-9,11,13,15,19,24-25H,4-7,10H2,1-3H3/t13-,15+/m0/s1. The predicted molar refractivity (Wildman–Crippen MR) is 94.0 cm³/mol. The zero-order valence-corrected chi connectivity index (χ0v) is 15.1. The first-order valence-corrected chi connectivity index (χ1v) is 8.88. The monoisotopic (exact) mass is 345 g/mol. The molecule has 0 aromatic carbocycles. The molecule has 3 rings (SSSR count). The highest BCUT2D eigenvalue weighted by molar-refractivity contribution is 5.27. The third-order valence-electron chi connectivity index (χ3n) is 4.83. The summed E-state index contributed by atoms with van der Waals surface area (Å²) in [6.07, 6.45) is 6.20. The maximum absolute atomic E-state index is 10.1. The molecule has 136 valence electrons. The minimum atomic E-state index is -0.993. The molecule has 7 heteroatoms. The minimum Gasteiger partial charge on any atom is -0.506 e. The summed E-state index contributed by atoms with van der Waals surface area (Å²) >= 11 is 0. The Kier molecular flexibility index (Phi) is 5.06. The van der Waals surface area contributed by atoms with E-state index in [1.165, 1.54) is 0 Å². The largest absolute Gasteiger partial charge is 0.506 e. The number of hydrogen-bond acceptors (Lipinski definition) is 6. The van der Waals surface area contributed by atoms with Gasteiger partial charge in [0.15, 0.2) is 0 Å². The Morgan fingerprint density at radius 1 is 1.28 bits per heavy atom. The van der Waals surface area contributed by atoms with E-state index in [1.54, 1.807) is 26.0 Å². The maximum atomic E-state index is 10.1. The molecule has 2 atom stereocenters. The number of aromatic hydroxyl groups is 1. The number of rotatable bonds is 5. The lowest BCUT2D eigenvalue weighted by atomic mass is 9.90. The molecule has 3 N–H and O–H groups in total. The lowest BCUT2D eigenvalue weighted by molar-refractivity contribution is 0.0736. The van der Waals surface area contributed by atoms with E-state index < -0.39 is 5.60 Å². The van der Waals surface area contributed by atoms with Crippen molar-refractivity contribution in [1.29, 1.82) is 0 Å². The molecule has 1 aliphatic rings. The summed E-state index contributed by atoms with van der Waals surface area (Å²) < 4.78 is 1.87. The smallest absolute Gasteiger partial charge is 0.138 e. The number of nitrogens with one attached hydrogen (secondary N) is 1. The SMILES string of the molecule is Cc1ccc(O)c(CN[C@H]2CCCC[C@H]2n2cc(C(C)(C)O)nn2)n1. The van der Waals surface area contributed by atoms with Crippen LogP contribution >= 0.6 is 0 Å². The quantitative estimate of drug-likeness (QED) is 0.769. The Morgan fingerprint density at radius 3 is 2.76 bits per heavy atom. The van der Waals surface area contributed by atoms with E-state index in [9.17, 15) is 10.2 Å². The van der Waals surface area contributed by atoms with Crippen molar-refractivity contribution in [1.82, 2.24) is 25.3 Å². The summed E-state index contributed by atoms with van der Waals surface area (Å²) in [5, 5.41) is 32.0. The van der Waals surface area contributed by atoms with Gasteiger partial charge in [-0.2, -0.15) is 0 Å². The topological polar surface area (TPSA) is 96.1 Å². The zero-order valence-electron chi connectivity index (χ0n) is 15.1. The van der Waals surface area contributed by atoms with Gasteiger partial charge < -0.3 is 15.5 Å². The summed E-state index contributed by atoms with van der Waals surface area (Å²) in [6, 6.07) is 3.90. The van der Waals surface area contributed by atoms with Crippen molar-refractivity contribution in [2.45, 2.75) is 70.7 Å². The molecule has 0 saturated heterocycles. The van der Waals surface area contributed by atoms with Crippen molar-refractivity contribution in [2.75, 3.05) is 0 Å². The van der Waals surface area contributed by atoms with E-state index in [4.69, 9.17) is 0 Å². The molecule has 7 nitrogen and oxygen atoms in total. The molecule has 0 aliphatic heterocycles. The summed E-state index contributed by atoms with van der Waals surface area (Å²) in [5.74, 6) is 0.218. The van der Waals surface area contributed by atoms with E-state index in [0.29, 0.717) is 17.9 Å². The van der Waals surface area contributed by atoms with Crippen molar-refractivity contribution >= 4 is 0 Å². The minimum absolute atomic E-state index is 0.185. The van der Waals surface area contributed by atoms with E-state index in [1.807, 2.05) is 17.8 Å². The first kappa shape index (κ1) is 17.8. The molecular weight excluding hydrogens is 318 g/mol. The Bertz CT molecular complexity index is 722. The van der Waals surface area contributed by atoms with Crippen LogP contribution in [0.15, 0.2) is 18.3 Å². The molecule has 0 bridgehead atoms. The van der Waals surface area contributed by atoms with Crippen molar-refractivity contribution in [3.8, 4) is 5.75 Å². The zero-order chi connectivity index (χ0) is 18.0. The van der Waals surface area contributed by atoms with Crippen molar-refractivity contribution in [3.63, 3.8) is 0 Å². The molecule has 0 radical (unpaired) electrons. The average Bonchev–Trinajstić information content (AvgIpc) is 3.06. The number of hydrogen-bond donors (Lipinski definition) is 3. The Balaban J connectivity index is 1.73. The Hall–Kier alpha value is -1.99. The molecule has 0 unspecified atom stereocenters. The van der Waals surface area contributed by atoms with Gasteiger partial charge in [0.05, 0.1) is 17.9 Å². The fourth-order valence-electron chi connectivity index (χ4n) is 3.35. The normalized spacial score (nSPS) is 21.4. The lowest BCUT2D eigenvalue weighted by Gasteiger charge is -2.32. The van der Waals surface area contributed by atoms with Gasteiger partial charge in [0.25, 0.3) is 0 Å². The second-order valence-corrected chi connectivity index (χ2v) is 7.40. The second-order valence-electron chi connectivity index (χ2n) is 7.40. The van der Waals surface area contributed by atoms with Crippen LogP contribution < -0.4 is 5.32 Å². The van der Waals surface area contributed by atoms with Crippen LogP contribution in [0.4, 0.5) is 0 Å². The van der Waals surface area contributed by atoms with Gasteiger partial charge in [-0.3, -0.25) is 4.98 Å². The molecule has 0 spiro atoms. The Labute approximate surface area is 148 Å². The molecule has 0 amide bonds.